The highest BCUT2D eigenvalue weighted by atomic mass is 32.2. The Balaban J connectivity index is 1.50. The Hall–Kier alpha value is -3.70. The fourth-order valence-corrected chi connectivity index (χ4v) is 6.06. The molecule has 0 saturated carbocycles. The number of fused-ring (bicyclic) bond motifs is 1. The minimum absolute atomic E-state index is 0.234. The monoisotopic (exact) mass is 515 g/mol. The number of likely N-dealkylation sites (tertiary alicyclic amines) is 1. The van der Waals surface area contributed by atoms with Crippen molar-refractivity contribution in [1.29, 1.82) is 10.5 Å². The number of aromatic nitrogens is 4. The topological polar surface area (TPSA) is 106 Å². The standard InChI is InChI=1S/C27H26FN7OS/c1-17(36)15-33-7-5-23(6-8-33)35-18(2)24(14-32-35)20-10-26(27-21(12-30)13-31-34(27)16-20)37-25-4-3-22(28)9-19(25)11-29/h3-4,9-10,13-14,16-17,23,36H,5-8,15H2,1-2H3/t17-/m0/s1. The molecule has 4 aromatic rings. The van der Waals surface area contributed by atoms with E-state index in [1.165, 1.54) is 30.1 Å². The van der Waals surface area contributed by atoms with Gasteiger partial charge in [-0.05, 0) is 51.0 Å². The number of aliphatic hydroxyl groups is 1. The Bertz CT molecular complexity index is 1540. The summed E-state index contributed by atoms with van der Waals surface area (Å²) in [7, 11) is 0. The number of pyridine rings is 1. The van der Waals surface area contributed by atoms with Crippen molar-refractivity contribution >= 4 is 17.3 Å². The number of hydrogen-bond acceptors (Lipinski definition) is 7. The van der Waals surface area contributed by atoms with Crippen LogP contribution in [0.15, 0.2) is 52.6 Å². The molecule has 5 rings (SSSR count). The number of β-amino-alcohol motifs (C(OH)–C–C–N with tert-alkyl or cyclic N) is 1. The van der Waals surface area contributed by atoms with Gasteiger partial charge in [-0.15, -0.1) is 0 Å². The average Bonchev–Trinajstić information content (AvgIpc) is 3.48. The van der Waals surface area contributed by atoms with Gasteiger partial charge < -0.3 is 10.0 Å². The lowest BCUT2D eigenvalue weighted by Crippen LogP contribution is -2.39. The van der Waals surface area contributed by atoms with Crippen molar-refractivity contribution in [3.05, 3.63) is 65.5 Å². The quantitative estimate of drug-likeness (QED) is 0.401. The first-order valence-electron chi connectivity index (χ1n) is 12.1. The summed E-state index contributed by atoms with van der Waals surface area (Å²) in [6, 6.07) is 10.6. The molecule has 1 aliphatic rings. The van der Waals surface area contributed by atoms with Gasteiger partial charge in [0.2, 0.25) is 0 Å². The highest BCUT2D eigenvalue weighted by Crippen LogP contribution is 2.38. The molecule has 0 radical (unpaired) electrons. The van der Waals surface area contributed by atoms with Crippen molar-refractivity contribution in [2.75, 3.05) is 19.6 Å². The molecule has 1 aromatic carbocycles. The van der Waals surface area contributed by atoms with Crippen LogP contribution in [0.25, 0.3) is 16.6 Å². The first kappa shape index (κ1) is 25.0. The Kier molecular flexibility index (Phi) is 6.98. The predicted molar refractivity (Wildman–Crippen MR) is 137 cm³/mol. The molecule has 188 valence electrons. The second-order valence-corrected chi connectivity index (χ2v) is 10.5. The SMILES string of the molecule is Cc1c(-c2cc(Sc3ccc(F)cc3C#N)c3c(C#N)cnn3c2)cnn1C1CCN(C[C@H](C)O)CC1. The molecule has 4 heterocycles. The minimum atomic E-state index is -0.471. The summed E-state index contributed by atoms with van der Waals surface area (Å²) < 4.78 is 17.5. The van der Waals surface area contributed by atoms with Gasteiger partial charge in [0.1, 0.15) is 18.0 Å². The van der Waals surface area contributed by atoms with Gasteiger partial charge in [0, 0.05) is 52.4 Å². The molecule has 0 spiro atoms. The molecule has 0 amide bonds. The summed E-state index contributed by atoms with van der Waals surface area (Å²) >= 11 is 1.31. The summed E-state index contributed by atoms with van der Waals surface area (Å²) in [5.41, 5.74) is 4.18. The first-order valence-corrected chi connectivity index (χ1v) is 12.9. The predicted octanol–water partition coefficient (Wildman–Crippen LogP) is 4.56. The highest BCUT2D eigenvalue weighted by Gasteiger charge is 2.24. The number of nitriles is 2. The molecule has 1 saturated heterocycles. The van der Waals surface area contributed by atoms with Crippen molar-refractivity contribution in [1.82, 2.24) is 24.3 Å². The third-order valence-corrected chi connectivity index (χ3v) is 7.87. The lowest BCUT2D eigenvalue weighted by molar-refractivity contribution is 0.0992. The second-order valence-electron chi connectivity index (χ2n) is 9.38. The molecular weight excluding hydrogens is 489 g/mol. The largest absolute Gasteiger partial charge is 0.392 e. The number of hydrogen-bond donors (Lipinski definition) is 1. The van der Waals surface area contributed by atoms with Crippen LogP contribution in [-0.4, -0.2) is 55.1 Å². The fraction of sp³-hybridized carbons (Fsp3) is 0.333. The summed E-state index contributed by atoms with van der Waals surface area (Å²) in [4.78, 5) is 3.63. The smallest absolute Gasteiger partial charge is 0.124 e. The number of aliphatic hydroxyl groups excluding tert-OH is 1. The maximum absolute atomic E-state index is 13.7. The van der Waals surface area contributed by atoms with E-state index in [0.29, 0.717) is 22.5 Å². The minimum Gasteiger partial charge on any atom is -0.392 e. The van der Waals surface area contributed by atoms with E-state index in [1.807, 2.05) is 25.4 Å². The Morgan fingerprint density at radius 2 is 1.86 bits per heavy atom. The van der Waals surface area contributed by atoms with Crippen LogP contribution in [0, 0.1) is 35.4 Å². The van der Waals surface area contributed by atoms with Gasteiger partial charge in [0.25, 0.3) is 0 Å². The van der Waals surface area contributed by atoms with E-state index >= 15 is 0 Å². The van der Waals surface area contributed by atoms with Gasteiger partial charge in [0.05, 0.1) is 41.2 Å². The third kappa shape index (κ3) is 4.96. The molecule has 1 aliphatic heterocycles. The zero-order chi connectivity index (χ0) is 26.1. The van der Waals surface area contributed by atoms with Crippen LogP contribution in [0.5, 0.6) is 0 Å². The number of rotatable bonds is 6. The van der Waals surface area contributed by atoms with Gasteiger partial charge in [-0.2, -0.15) is 20.7 Å². The summed E-state index contributed by atoms with van der Waals surface area (Å²) in [6.07, 6.45) is 6.86. The summed E-state index contributed by atoms with van der Waals surface area (Å²) in [5.74, 6) is -0.471. The molecule has 1 fully saturated rings. The zero-order valence-electron chi connectivity index (χ0n) is 20.6. The van der Waals surface area contributed by atoms with Gasteiger partial charge in [-0.3, -0.25) is 4.68 Å². The van der Waals surface area contributed by atoms with Crippen molar-refractivity contribution in [3.8, 4) is 23.3 Å². The molecule has 0 unspecified atom stereocenters. The van der Waals surface area contributed by atoms with E-state index in [-0.39, 0.29) is 17.7 Å². The van der Waals surface area contributed by atoms with Crippen LogP contribution in [0.2, 0.25) is 0 Å². The lowest BCUT2D eigenvalue weighted by Gasteiger charge is -2.33. The van der Waals surface area contributed by atoms with Crippen LogP contribution < -0.4 is 0 Å². The van der Waals surface area contributed by atoms with Gasteiger partial charge >= 0.3 is 0 Å². The summed E-state index contributed by atoms with van der Waals surface area (Å²) in [5, 5.41) is 38.0. The molecular formula is C27H26FN7OS. The van der Waals surface area contributed by atoms with Crippen molar-refractivity contribution in [2.24, 2.45) is 0 Å². The number of halogens is 1. The summed E-state index contributed by atoms with van der Waals surface area (Å²) in [6.45, 7) is 6.39. The lowest BCUT2D eigenvalue weighted by atomic mass is 10.0. The molecule has 8 nitrogen and oxygen atoms in total. The Morgan fingerprint density at radius 3 is 2.57 bits per heavy atom. The molecule has 37 heavy (non-hydrogen) atoms. The first-order chi connectivity index (χ1) is 17.9. The highest BCUT2D eigenvalue weighted by molar-refractivity contribution is 7.99. The number of benzene rings is 1. The average molecular weight is 516 g/mol. The molecule has 1 N–H and O–H groups in total. The zero-order valence-corrected chi connectivity index (χ0v) is 21.4. The molecule has 10 heteroatoms. The van der Waals surface area contributed by atoms with Crippen molar-refractivity contribution < 1.29 is 9.50 Å². The maximum Gasteiger partial charge on any atom is 0.124 e. The normalized spacial score (nSPS) is 15.5. The third-order valence-electron chi connectivity index (χ3n) is 6.76. The second kappa shape index (κ2) is 10.3. The van der Waals surface area contributed by atoms with Crippen LogP contribution in [0.1, 0.15) is 42.6 Å². The van der Waals surface area contributed by atoms with Crippen molar-refractivity contribution in [2.45, 2.75) is 48.6 Å². The molecule has 1 atom stereocenters. The molecule has 0 bridgehead atoms. The van der Waals surface area contributed by atoms with Crippen LogP contribution in [-0.2, 0) is 0 Å². The van der Waals surface area contributed by atoms with Crippen LogP contribution in [0.3, 0.4) is 0 Å². The van der Waals surface area contributed by atoms with Crippen molar-refractivity contribution in [3.63, 3.8) is 0 Å². The molecule has 3 aromatic heterocycles. The Labute approximate surface area is 218 Å². The maximum atomic E-state index is 13.7. The van der Waals surface area contributed by atoms with Gasteiger partial charge in [-0.25, -0.2) is 8.91 Å². The van der Waals surface area contributed by atoms with E-state index in [2.05, 4.69) is 33.7 Å². The number of piperidine rings is 1. The number of nitrogens with zero attached hydrogens (tertiary/aromatic N) is 7. The van der Waals surface area contributed by atoms with E-state index in [4.69, 9.17) is 5.10 Å². The van der Waals surface area contributed by atoms with Crippen LogP contribution >= 0.6 is 11.8 Å². The van der Waals surface area contributed by atoms with E-state index in [1.54, 1.807) is 10.6 Å². The van der Waals surface area contributed by atoms with Crippen LogP contribution in [0.4, 0.5) is 4.39 Å². The van der Waals surface area contributed by atoms with Gasteiger partial charge in [-0.1, -0.05) is 11.8 Å². The Morgan fingerprint density at radius 1 is 1.11 bits per heavy atom. The van der Waals surface area contributed by atoms with E-state index in [9.17, 15) is 20.0 Å². The van der Waals surface area contributed by atoms with E-state index < -0.39 is 5.82 Å². The fourth-order valence-electron chi connectivity index (χ4n) is 4.98. The molecule has 0 aliphatic carbocycles. The van der Waals surface area contributed by atoms with E-state index in [0.717, 1.165) is 47.6 Å². The van der Waals surface area contributed by atoms with Gasteiger partial charge in [0.15, 0.2) is 0 Å².